The molecule has 3 rings (SSSR count). The van der Waals surface area contributed by atoms with Gasteiger partial charge >= 0.3 is 0 Å². The van der Waals surface area contributed by atoms with E-state index in [4.69, 9.17) is 33.9 Å². The molecule has 0 saturated carbocycles. The lowest BCUT2D eigenvalue weighted by molar-refractivity contribution is 0.664. The van der Waals surface area contributed by atoms with Crippen LogP contribution in [0.2, 0.25) is 10.0 Å². The van der Waals surface area contributed by atoms with Gasteiger partial charge in [0.25, 0.3) is 0 Å². The molecule has 0 bridgehead atoms. The Morgan fingerprint density at radius 2 is 1.94 bits per heavy atom. The molecule has 2 N–H and O–H groups in total. The van der Waals surface area contributed by atoms with Crippen molar-refractivity contribution in [2.45, 2.75) is 32.2 Å². The monoisotopic (exact) mass is 280 g/mol. The van der Waals surface area contributed by atoms with Crippen LogP contribution in [0.4, 0.5) is 0 Å². The number of benzene rings is 1. The van der Waals surface area contributed by atoms with E-state index in [0.29, 0.717) is 16.6 Å². The van der Waals surface area contributed by atoms with E-state index in [0.717, 1.165) is 29.4 Å². The Labute approximate surface area is 116 Å². The van der Waals surface area contributed by atoms with E-state index < -0.39 is 0 Å². The highest BCUT2D eigenvalue weighted by molar-refractivity contribution is 6.45. The van der Waals surface area contributed by atoms with E-state index in [1.54, 1.807) is 0 Å². The van der Waals surface area contributed by atoms with Gasteiger partial charge in [-0.2, -0.15) is 0 Å². The van der Waals surface area contributed by atoms with Crippen LogP contribution in [-0.4, -0.2) is 4.98 Å². The molecular formula is C14H14Cl2N2. The van der Waals surface area contributed by atoms with Gasteiger partial charge in [-0.25, -0.2) is 0 Å². The third kappa shape index (κ3) is 1.80. The Kier molecular flexibility index (Phi) is 3.18. The zero-order valence-electron chi connectivity index (χ0n) is 9.97. The summed E-state index contributed by atoms with van der Waals surface area (Å²) >= 11 is 12.3. The number of pyridine rings is 1. The molecule has 0 fully saturated rings. The van der Waals surface area contributed by atoms with Crippen molar-refractivity contribution in [2.75, 3.05) is 0 Å². The molecule has 0 radical (unpaired) electrons. The molecule has 1 aromatic heterocycles. The van der Waals surface area contributed by atoms with Crippen molar-refractivity contribution in [3.8, 4) is 0 Å². The second-order valence-corrected chi connectivity index (χ2v) is 5.47. The molecule has 0 saturated heterocycles. The van der Waals surface area contributed by atoms with Crippen molar-refractivity contribution in [2.24, 2.45) is 5.73 Å². The summed E-state index contributed by atoms with van der Waals surface area (Å²) in [6.07, 6.45) is 4.49. The standard InChI is InChI=1S/C14H14Cl2N2/c15-11-6-5-9-10(7-17)8-3-1-2-4-12(8)18-14(9)13(11)16/h5-6H,1-4,7,17H2. The number of rotatable bonds is 1. The summed E-state index contributed by atoms with van der Waals surface area (Å²) in [6, 6.07) is 3.80. The highest BCUT2D eigenvalue weighted by atomic mass is 35.5. The van der Waals surface area contributed by atoms with E-state index in [2.05, 4.69) is 0 Å². The van der Waals surface area contributed by atoms with Crippen molar-refractivity contribution in [3.05, 3.63) is 39.0 Å². The number of aryl methyl sites for hydroxylation is 1. The Morgan fingerprint density at radius 1 is 1.17 bits per heavy atom. The number of nitrogens with two attached hydrogens (primary N) is 1. The van der Waals surface area contributed by atoms with E-state index in [1.807, 2.05) is 12.1 Å². The molecule has 2 aromatic rings. The fourth-order valence-electron chi connectivity index (χ4n) is 2.76. The third-order valence-corrected chi connectivity index (χ3v) is 4.44. The first-order valence-electron chi connectivity index (χ1n) is 6.20. The van der Waals surface area contributed by atoms with Gasteiger partial charge in [0, 0.05) is 17.6 Å². The second-order valence-electron chi connectivity index (χ2n) is 4.68. The summed E-state index contributed by atoms with van der Waals surface area (Å²) in [4.78, 5) is 4.71. The quantitative estimate of drug-likeness (QED) is 0.861. The zero-order chi connectivity index (χ0) is 12.7. The molecule has 2 nitrogen and oxygen atoms in total. The van der Waals surface area contributed by atoms with Crippen molar-refractivity contribution in [1.82, 2.24) is 4.98 Å². The summed E-state index contributed by atoms with van der Waals surface area (Å²) < 4.78 is 0. The summed E-state index contributed by atoms with van der Waals surface area (Å²) in [7, 11) is 0. The summed E-state index contributed by atoms with van der Waals surface area (Å²) in [5, 5.41) is 2.14. The number of hydrogen-bond donors (Lipinski definition) is 1. The van der Waals surface area contributed by atoms with E-state index in [-0.39, 0.29) is 0 Å². The maximum Gasteiger partial charge on any atom is 0.0910 e. The molecule has 0 amide bonds. The van der Waals surface area contributed by atoms with Crippen LogP contribution in [0.25, 0.3) is 10.9 Å². The minimum absolute atomic E-state index is 0.527. The maximum atomic E-state index is 6.26. The van der Waals surface area contributed by atoms with Gasteiger partial charge in [0.1, 0.15) is 0 Å². The summed E-state index contributed by atoms with van der Waals surface area (Å²) in [5.41, 5.74) is 10.4. The minimum atomic E-state index is 0.527. The third-order valence-electron chi connectivity index (χ3n) is 3.65. The number of hydrogen-bond acceptors (Lipinski definition) is 2. The average molecular weight is 281 g/mol. The first-order chi connectivity index (χ1) is 8.72. The van der Waals surface area contributed by atoms with Gasteiger partial charge in [0.2, 0.25) is 0 Å². The van der Waals surface area contributed by atoms with Crippen LogP contribution in [0, 0.1) is 0 Å². The van der Waals surface area contributed by atoms with Crippen molar-refractivity contribution < 1.29 is 0 Å². The molecule has 1 aliphatic carbocycles. The molecule has 4 heteroatoms. The minimum Gasteiger partial charge on any atom is -0.326 e. The summed E-state index contributed by atoms with van der Waals surface area (Å²) in [6.45, 7) is 0.527. The fourth-order valence-corrected chi connectivity index (χ4v) is 3.12. The van der Waals surface area contributed by atoms with Gasteiger partial charge in [-0.15, -0.1) is 0 Å². The largest absolute Gasteiger partial charge is 0.326 e. The molecule has 0 unspecified atom stereocenters. The maximum absolute atomic E-state index is 6.26. The zero-order valence-corrected chi connectivity index (χ0v) is 11.5. The van der Waals surface area contributed by atoms with Crippen LogP contribution in [0.5, 0.6) is 0 Å². The number of halogens is 2. The van der Waals surface area contributed by atoms with Gasteiger partial charge in [0.05, 0.1) is 15.6 Å². The highest BCUT2D eigenvalue weighted by Crippen LogP contribution is 2.35. The molecule has 1 aliphatic rings. The molecule has 0 atom stereocenters. The molecule has 18 heavy (non-hydrogen) atoms. The second kappa shape index (κ2) is 4.69. The molecule has 1 aromatic carbocycles. The predicted molar refractivity (Wildman–Crippen MR) is 76.3 cm³/mol. The molecular weight excluding hydrogens is 267 g/mol. The SMILES string of the molecule is NCc1c2c(nc3c(Cl)c(Cl)ccc13)CCCC2. The molecule has 0 aliphatic heterocycles. The van der Waals surface area contributed by atoms with Crippen molar-refractivity contribution in [3.63, 3.8) is 0 Å². The number of nitrogens with zero attached hydrogens (tertiary/aromatic N) is 1. The van der Waals surface area contributed by atoms with Gasteiger partial charge in [-0.05, 0) is 42.9 Å². The van der Waals surface area contributed by atoms with Gasteiger partial charge < -0.3 is 5.73 Å². The predicted octanol–water partition coefficient (Wildman–Crippen LogP) is 3.88. The van der Waals surface area contributed by atoms with Crippen LogP contribution < -0.4 is 5.73 Å². The van der Waals surface area contributed by atoms with Crippen LogP contribution in [0.15, 0.2) is 12.1 Å². The fraction of sp³-hybridized carbons (Fsp3) is 0.357. The van der Waals surface area contributed by atoms with Crippen molar-refractivity contribution >= 4 is 34.1 Å². The van der Waals surface area contributed by atoms with E-state index in [1.165, 1.54) is 24.0 Å². The normalized spacial score (nSPS) is 14.8. The van der Waals surface area contributed by atoms with E-state index in [9.17, 15) is 0 Å². The average Bonchev–Trinajstić information content (AvgIpc) is 2.41. The van der Waals surface area contributed by atoms with Gasteiger partial charge in [0.15, 0.2) is 0 Å². The topological polar surface area (TPSA) is 38.9 Å². The lowest BCUT2D eigenvalue weighted by Crippen LogP contribution is -2.12. The molecule has 0 spiro atoms. The first kappa shape index (κ1) is 12.2. The van der Waals surface area contributed by atoms with Gasteiger partial charge in [-0.3, -0.25) is 4.98 Å². The number of aromatic nitrogens is 1. The van der Waals surface area contributed by atoms with E-state index >= 15 is 0 Å². The van der Waals surface area contributed by atoms with Gasteiger partial charge in [-0.1, -0.05) is 29.3 Å². The van der Waals surface area contributed by atoms with Crippen LogP contribution >= 0.6 is 23.2 Å². The lowest BCUT2D eigenvalue weighted by Gasteiger charge is -2.20. The number of fused-ring (bicyclic) bond motifs is 2. The Hall–Kier alpha value is -0.830. The highest BCUT2D eigenvalue weighted by Gasteiger charge is 2.19. The molecule has 1 heterocycles. The van der Waals surface area contributed by atoms with Crippen LogP contribution in [-0.2, 0) is 19.4 Å². The first-order valence-corrected chi connectivity index (χ1v) is 6.96. The smallest absolute Gasteiger partial charge is 0.0910 e. The molecule has 94 valence electrons. The Bertz CT molecular complexity index is 623. The Balaban J connectivity index is 2.40. The van der Waals surface area contributed by atoms with Crippen LogP contribution in [0.1, 0.15) is 29.7 Å². The van der Waals surface area contributed by atoms with Crippen molar-refractivity contribution in [1.29, 1.82) is 0 Å². The Morgan fingerprint density at radius 3 is 2.72 bits per heavy atom. The lowest BCUT2D eigenvalue weighted by atomic mass is 9.90. The van der Waals surface area contributed by atoms with Crippen LogP contribution in [0.3, 0.4) is 0 Å². The summed E-state index contributed by atoms with van der Waals surface area (Å²) in [5.74, 6) is 0.